The van der Waals surface area contributed by atoms with Crippen molar-refractivity contribution in [3.05, 3.63) is 12.2 Å². The van der Waals surface area contributed by atoms with E-state index in [-0.39, 0.29) is 16.9 Å². The number of hydrogen-bond donors (Lipinski definition) is 2. The summed E-state index contributed by atoms with van der Waals surface area (Å²) >= 11 is 0. The van der Waals surface area contributed by atoms with E-state index in [1.807, 2.05) is 6.08 Å². The van der Waals surface area contributed by atoms with Crippen molar-refractivity contribution in [2.24, 2.45) is 40.4 Å². The predicted octanol–water partition coefficient (Wildman–Crippen LogP) is 2.71. The number of allylic oxidation sites excluding steroid dienone is 1. The van der Waals surface area contributed by atoms with E-state index in [4.69, 9.17) is 0 Å². The van der Waals surface area contributed by atoms with Gasteiger partial charge in [-0.3, -0.25) is 4.79 Å². The Morgan fingerprint density at radius 3 is 2.78 bits per heavy atom. The van der Waals surface area contributed by atoms with Crippen LogP contribution >= 0.6 is 0 Å². The summed E-state index contributed by atoms with van der Waals surface area (Å²) in [5.74, 6) is 2.87. The molecule has 0 saturated heterocycles. The van der Waals surface area contributed by atoms with Gasteiger partial charge in [-0.1, -0.05) is 26.0 Å². The van der Waals surface area contributed by atoms with Gasteiger partial charge < -0.3 is 10.2 Å². The molecule has 5 rings (SSSR count). The van der Waals surface area contributed by atoms with Gasteiger partial charge in [0.2, 0.25) is 0 Å². The van der Waals surface area contributed by atoms with Crippen molar-refractivity contribution in [1.29, 1.82) is 0 Å². The minimum absolute atomic E-state index is 0.112. The molecule has 0 aromatic heterocycles. The topological polar surface area (TPSA) is 57.5 Å². The van der Waals surface area contributed by atoms with Crippen molar-refractivity contribution < 1.29 is 15.0 Å². The molecule has 126 valence electrons. The highest BCUT2D eigenvalue weighted by molar-refractivity contribution is 5.92. The number of carbonyl (C=O) groups excluding carboxylic acids is 1. The van der Waals surface area contributed by atoms with Crippen LogP contribution in [0.3, 0.4) is 0 Å². The molecule has 4 saturated carbocycles. The first-order chi connectivity index (χ1) is 10.8. The van der Waals surface area contributed by atoms with Gasteiger partial charge in [0.25, 0.3) is 0 Å². The molecule has 5 aliphatic rings. The Morgan fingerprint density at radius 2 is 2.00 bits per heavy atom. The fourth-order valence-corrected chi connectivity index (χ4v) is 7.28. The van der Waals surface area contributed by atoms with E-state index in [0.29, 0.717) is 41.8 Å². The predicted molar refractivity (Wildman–Crippen MR) is 86.5 cm³/mol. The lowest BCUT2D eigenvalue weighted by molar-refractivity contribution is -0.169. The van der Waals surface area contributed by atoms with E-state index in [1.165, 1.54) is 0 Å². The van der Waals surface area contributed by atoms with Crippen molar-refractivity contribution >= 4 is 5.78 Å². The summed E-state index contributed by atoms with van der Waals surface area (Å²) in [5.41, 5.74) is -1.13. The summed E-state index contributed by atoms with van der Waals surface area (Å²) in [4.78, 5) is 12.7. The highest BCUT2D eigenvalue weighted by Gasteiger charge is 2.71. The molecule has 23 heavy (non-hydrogen) atoms. The van der Waals surface area contributed by atoms with E-state index in [1.54, 1.807) is 0 Å². The second kappa shape index (κ2) is 4.11. The van der Waals surface area contributed by atoms with E-state index in [2.05, 4.69) is 19.9 Å². The Labute approximate surface area is 138 Å². The summed E-state index contributed by atoms with van der Waals surface area (Å²) in [6, 6.07) is 0. The molecule has 0 bridgehead atoms. The number of Topliss-reactive ketones (excluding diaryl/α,β-unsaturated/α-hetero) is 1. The maximum Gasteiger partial charge on any atom is 0.142 e. The molecule has 9 atom stereocenters. The summed E-state index contributed by atoms with van der Waals surface area (Å²) in [7, 11) is 0. The monoisotopic (exact) mass is 316 g/mol. The molecule has 0 unspecified atom stereocenters. The van der Waals surface area contributed by atoms with Crippen LogP contribution in [0.2, 0.25) is 0 Å². The normalized spacial score (nSPS) is 63.0. The number of hydrogen-bond acceptors (Lipinski definition) is 3. The number of aliphatic hydroxyl groups is 2. The first-order valence-corrected chi connectivity index (χ1v) is 9.44. The van der Waals surface area contributed by atoms with Gasteiger partial charge in [0, 0.05) is 23.2 Å². The fraction of sp³-hybridized carbons (Fsp3) is 0.850. The largest absolute Gasteiger partial charge is 0.393 e. The highest BCUT2D eigenvalue weighted by Crippen LogP contribution is 2.71. The summed E-state index contributed by atoms with van der Waals surface area (Å²) in [5, 5.41) is 21.3. The number of aliphatic hydroxyl groups excluding tert-OH is 1. The van der Waals surface area contributed by atoms with Crippen molar-refractivity contribution in [3.63, 3.8) is 0 Å². The van der Waals surface area contributed by atoms with Crippen LogP contribution in [0.25, 0.3) is 0 Å². The molecule has 0 aromatic rings. The second-order valence-corrected chi connectivity index (χ2v) is 9.63. The number of carbonyl (C=O) groups is 1. The van der Waals surface area contributed by atoms with Crippen LogP contribution in [0.5, 0.6) is 0 Å². The molecule has 2 N–H and O–H groups in total. The molecular weight excluding hydrogens is 288 g/mol. The molecule has 0 spiro atoms. The Bertz CT molecular complexity index is 612. The first kappa shape index (κ1) is 14.7. The van der Waals surface area contributed by atoms with Crippen LogP contribution < -0.4 is 0 Å². The Balaban J connectivity index is 1.58. The summed E-state index contributed by atoms with van der Waals surface area (Å²) < 4.78 is 0. The van der Waals surface area contributed by atoms with Gasteiger partial charge in [0.05, 0.1) is 11.7 Å². The Morgan fingerprint density at radius 1 is 1.22 bits per heavy atom. The molecule has 0 amide bonds. The van der Waals surface area contributed by atoms with Gasteiger partial charge in [0.15, 0.2) is 0 Å². The standard InChI is InChI=1S/C20H28O3/c1-18-6-5-15-12(16(18)13-9-14(13)17(18)22)4-8-20(23)10-11(21)3-7-19(15,20)2/h4,8,11-16,21,23H,3,5-7,9-10H2,1-2H3/t11-,12-,13+,14+,15+,16-,18+,19-,20+/m1/s1. The lowest BCUT2D eigenvalue weighted by Crippen LogP contribution is -2.61. The lowest BCUT2D eigenvalue weighted by Gasteiger charge is -2.61. The fourth-order valence-electron chi connectivity index (χ4n) is 7.28. The van der Waals surface area contributed by atoms with Crippen LogP contribution in [0.4, 0.5) is 0 Å². The third-order valence-corrected chi connectivity index (χ3v) is 8.74. The van der Waals surface area contributed by atoms with Gasteiger partial charge in [-0.15, -0.1) is 0 Å². The lowest BCUT2D eigenvalue weighted by atomic mass is 9.45. The van der Waals surface area contributed by atoms with E-state index in [9.17, 15) is 15.0 Å². The van der Waals surface area contributed by atoms with E-state index >= 15 is 0 Å². The highest BCUT2D eigenvalue weighted by atomic mass is 16.3. The molecule has 5 aliphatic carbocycles. The van der Waals surface area contributed by atoms with Gasteiger partial charge in [-0.05, 0) is 55.8 Å². The molecular formula is C20H28O3. The average molecular weight is 316 g/mol. The zero-order valence-corrected chi connectivity index (χ0v) is 14.2. The Hall–Kier alpha value is -0.670. The summed E-state index contributed by atoms with van der Waals surface area (Å²) in [6.45, 7) is 4.45. The molecule has 0 aromatic carbocycles. The SMILES string of the molecule is C[C@]12CC[C@H]3[C@@H](C=C[C@]4(O)C[C@H](O)CC[C@]34C)[C@@H]1[C@H]1C[C@@H]1C2=O. The van der Waals surface area contributed by atoms with Crippen molar-refractivity contribution in [1.82, 2.24) is 0 Å². The molecule has 3 nitrogen and oxygen atoms in total. The third kappa shape index (κ3) is 1.57. The molecule has 4 fully saturated rings. The number of ketones is 1. The van der Waals surface area contributed by atoms with E-state index < -0.39 is 5.60 Å². The van der Waals surface area contributed by atoms with Gasteiger partial charge in [-0.25, -0.2) is 0 Å². The van der Waals surface area contributed by atoms with Crippen LogP contribution in [0.1, 0.15) is 52.4 Å². The maximum absolute atomic E-state index is 12.7. The van der Waals surface area contributed by atoms with Gasteiger partial charge in [-0.2, -0.15) is 0 Å². The number of fused-ring (bicyclic) bond motifs is 7. The van der Waals surface area contributed by atoms with Crippen molar-refractivity contribution in [2.45, 2.75) is 64.1 Å². The van der Waals surface area contributed by atoms with Crippen LogP contribution in [0, 0.1) is 40.4 Å². The molecule has 3 heteroatoms. The Kier molecular flexibility index (Phi) is 2.62. The average Bonchev–Trinajstić information content (AvgIpc) is 3.23. The molecule has 0 aliphatic heterocycles. The van der Waals surface area contributed by atoms with Crippen LogP contribution in [-0.4, -0.2) is 27.7 Å². The molecule has 0 radical (unpaired) electrons. The minimum atomic E-state index is -0.870. The summed E-state index contributed by atoms with van der Waals surface area (Å²) in [6.07, 6.45) is 9.15. The molecule has 0 heterocycles. The quantitative estimate of drug-likeness (QED) is 0.676. The van der Waals surface area contributed by atoms with E-state index in [0.717, 1.165) is 32.1 Å². The zero-order chi connectivity index (χ0) is 16.2. The third-order valence-electron chi connectivity index (χ3n) is 8.74. The van der Waals surface area contributed by atoms with Crippen LogP contribution in [-0.2, 0) is 4.79 Å². The maximum atomic E-state index is 12.7. The van der Waals surface area contributed by atoms with Crippen molar-refractivity contribution in [2.75, 3.05) is 0 Å². The van der Waals surface area contributed by atoms with Crippen LogP contribution in [0.15, 0.2) is 12.2 Å². The second-order valence-electron chi connectivity index (χ2n) is 9.63. The number of rotatable bonds is 0. The van der Waals surface area contributed by atoms with Gasteiger partial charge >= 0.3 is 0 Å². The first-order valence-electron chi connectivity index (χ1n) is 9.44. The smallest absolute Gasteiger partial charge is 0.142 e. The minimum Gasteiger partial charge on any atom is -0.393 e. The van der Waals surface area contributed by atoms with Crippen molar-refractivity contribution in [3.8, 4) is 0 Å². The zero-order valence-electron chi connectivity index (χ0n) is 14.2. The van der Waals surface area contributed by atoms with Gasteiger partial charge in [0.1, 0.15) is 5.78 Å².